The summed E-state index contributed by atoms with van der Waals surface area (Å²) in [5.74, 6) is -0.211. The summed E-state index contributed by atoms with van der Waals surface area (Å²) in [6.07, 6.45) is 0. The van der Waals surface area contributed by atoms with Crippen LogP contribution in [0.15, 0.2) is 46.9 Å². The second kappa shape index (κ2) is 10.9. The fourth-order valence-electron chi connectivity index (χ4n) is 2.61. The summed E-state index contributed by atoms with van der Waals surface area (Å²) >= 11 is 15.7. The van der Waals surface area contributed by atoms with Gasteiger partial charge in [-0.3, -0.25) is 9.59 Å². The molecule has 0 aliphatic carbocycles. The van der Waals surface area contributed by atoms with Gasteiger partial charge in [0.2, 0.25) is 5.91 Å². The van der Waals surface area contributed by atoms with E-state index in [0.717, 1.165) is 10.0 Å². The number of rotatable bonds is 8. The van der Waals surface area contributed by atoms with E-state index in [9.17, 15) is 9.59 Å². The van der Waals surface area contributed by atoms with Crippen LogP contribution in [-0.2, 0) is 16.1 Å². The Morgan fingerprint density at radius 3 is 2.41 bits per heavy atom. The van der Waals surface area contributed by atoms with Gasteiger partial charge in [0, 0.05) is 22.1 Å². The molecule has 0 aliphatic heterocycles. The van der Waals surface area contributed by atoms with Crippen LogP contribution in [0.2, 0.25) is 10.0 Å². The minimum absolute atomic E-state index is 0.0416. The van der Waals surface area contributed by atoms with Crippen LogP contribution in [0, 0.1) is 0 Å². The average Bonchev–Trinajstić information content (AvgIpc) is 2.65. The van der Waals surface area contributed by atoms with Crippen LogP contribution in [-0.4, -0.2) is 35.4 Å². The lowest BCUT2D eigenvalue weighted by molar-refractivity contribution is -0.142. The van der Waals surface area contributed by atoms with Gasteiger partial charge in [-0.25, -0.2) is 0 Å². The molecule has 8 heteroatoms. The van der Waals surface area contributed by atoms with Crippen LogP contribution < -0.4 is 10.1 Å². The van der Waals surface area contributed by atoms with E-state index in [2.05, 4.69) is 21.2 Å². The molecule has 0 heterocycles. The normalized spacial score (nSPS) is 11.8. The molecule has 0 spiro atoms. The first kappa shape index (κ1) is 23.5. The Hall–Kier alpha value is -1.76. The molecular formula is C21H23BrCl2N2O3. The van der Waals surface area contributed by atoms with Crippen molar-refractivity contribution in [2.24, 2.45) is 0 Å². The molecule has 0 aromatic heterocycles. The van der Waals surface area contributed by atoms with Crippen molar-refractivity contribution in [3.05, 3.63) is 62.5 Å². The Bertz CT molecular complexity index is 877. The molecule has 29 heavy (non-hydrogen) atoms. The van der Waals surface area contributed by atoms with Gasteiger partial charge < -0.3 is 15.0 Å². The molecule has 2 amide bonds. The van der Waals surface area contributed by atoms with E-state index in [0.29, 0.717) is 15.8 Å². The van der Waals surface area contributed by atoms with Crippen molar-refractivity contribution in [2.45, 2.75) is 39.4 Å². The Morgan fingerprint density at radius 2 is 1.79 bits per heavy atom. The number of halogens is 3. The number of hydrogen-bond acceptors (Lipinski definition) is 3. The summed E-state index contributed by atoms with van der Waals surface area (Å²) in [7, 11) is 0. The van der Waals surface area contributed by atoms with Gasteiger partial charge in [-0.2, -0.15) is 0 Å². The van der Waals surface area contributed by atoms with E-state index >= 15 is 0 Å². The van der Waals surface area contributed by atoms with Gasteiger partial charge >= 0.3 is 0 Å². The lowest BCUT2D eigenvalue weighted by atomic mass is 10.1. The minimum atomic E-state index is -0.704. The van der Waals surface area contributed by atoms with Crippen LogP contribution in [0.4, 0.5) is 0 Å². The van der Waals surface area contributed by atoms with Gasteiger partial charge in [0.05, 0.1) is 5.02 Å². The highest BCUT2D eigenvalue weighted by atomic mass is 79.9. The summed E-state index contributed by atoms with van der Waals surface area (Å²) in [5, 5.41) is 3.75. The molecular weight excluding hydrogens is 479 g/mol. The van der Waals surface area contributed by atoms with E-state index in [-0.39, 0.29) is 31.0 Å². The van der Waals surface area contributed by atoms with Crippen molar-refractivity contribution >= 4 is 50.9 Å². The number of amides is 2. The highest BCUT2D eigenvalue weighted by Crippen LogP contribution is 2.28. The van der Waals surface area contributed by atoms with Crippen molar-refractivity contribution in [1.29, 1.82) is 0 Å². The fraction of sp³-hybridized carbons (Fsp3) is 0.333. The number of ether oxygens (including phenoxy) is 1. The summed E-state index contributed by atoms with van der Waals surface area (Å²) in [6.45, 7) is 5.33. The van der Waals surface area contributed by atoms with Crippen molar-refractivity contribution < 1.29 is 14.3 Å². The van der Waals surface area contributed by atoms with Gasteiger partial charge in [-0.1, -0.05) is 57.3 Å². The number of nitrogens with zero attached hydrogens (tertiary/aromatic N) is 1. The summed E-state index contributed by atoms with van der Waals surface area (Å²) in [6, 6.07) is 11.6. The lowest BCUT2D eigenvalue weighted by Gasteiger charge is -2.29. The van der Waals surface area contributed by atoms with Crippen molar-refractivity contribution in [2.75, 3.05) is 6.61 Å². The first-order valence-electron chi connectivity index (χ1n) is 9.10. The number of benzene rings is 2. The largest absolute Gasteiger partial charge is 0.482 e. The van der Waals surface area contributed by atoms with E-state index in [4.69, 9.17) is 27.9 Å². The zero-order valence-electron chi connectivity index (χ0n) is 16.4. The maximum Gasteiger partial charge on any atom is 0.261 e. The summed E-state index contributed by atoms with van der Waals surface area (Å²) < 4.78 is 6.41. The molecule has 2 aromatic carbocycles. The molecule has 5 nitrogen and oxygen atoms in total. The molecule has 0 unspecified atom stereocenters. The molecule has 2 rings (SSSR count). The SMILES string of the molecule is CC(C)NC(=O)[C@@H](C)N(Cc1ccccc1Cl)C(=O)COc1ccc(Br)cc1Cl. The number of hydrogen-bond donors (Lipinski definition) is 1. The van der Waals surface area contributed by atoms with Crippen LogP contribution in [0.3, 0.4) is 0 Å². The lowest BCUT2D eigenvalue weighted by Crippen LogP contribution is -2.50. The Balaban J connectivity index is 2.19. The van der Waals surface area contributed by atoms with Gasteiger partial charge in [0.1, 0.15) is 11.8 Å². The zero-order chi connectivity index (χ0) is 21.6. The highest BCUT2D eigenvalue weighted by molar-refractivity contribution is 9.10. The molecule has 0 bridgehead atoms. The van der Waals surface area contributed by atoms with E-state index in [1.807, 2.05) is 32.0 Å². The molecule has 1 atom stereocenters. The van der Waals surface area contributed by atoms with Crippen molar-refractivity contribution in [1.82, 2.24) is 10.2 Å². The topological polar surface area (TPSA) is 58.6 Å². The molecule has 156 valence electrons. The fourth-order valence-corrected chi connectivity index (χ4v) is 3.54. The van der Waals surface area contributed by atoms with Crippen molar-refractivity contribution in [3.63, 3.8) is 0 Å². The van der Waals surface area contributed by atoms with E-state index in [1.165, 1.54) is 4.90 Å². The molecule has 0 radical (unpaired) electrons. The maximum absolute atomic E-state index is 13.0. The van der Waals surface area contributed by atoms with Crippen LogP contribution in [0.5, 0.6) is 5.75 Å². The maximum atomic E-state index is 13.0. The average molecular weight is 502 g/mol. The van der Waals surface area contributed by atoms with E-state index in [1.54, 1.807) is 31.2 Å². The smallest absolute Gasteiger partial charge is 0.261 e. The summed E-state index contributed by atoms with van der Waals surface area (Å²) in [4.78, 5) is 27.0. The van der Waals surface area contributed by atoms with Gasteiger partial charge in [0.15, 0.2) is 6.61 Å². The minimum Gasteiger partial charge on any atom is -0.482 e. The molecule has 0 saturated heterocycles. The second-order valence-corrected chi connectivity index (χ2v) is 8.55. The Kier molecular flexibility index (Phi) is 8.80. The first-order valence-corrected chi connectivity index (χ1v) is 10.6. The first-order chi connectivity index (χ1) is 13.7. The molecule has 2 aromatic rings. The summed E-state index contributed by atoms with van der Waals surface area (Å²) in [5.41, 5.74) is 0.744. The number of nitrogens with one attached hydrogen (secondary N) is 1. The molecule has 0 fully saturated rings. The zero-order valence-corrected chi connectivity index (χ0v) is 19.5. The molecule has 1 N–H and O–H groups in total. The van der Waals surface area contributed by atoms with Gasteiger partial charge in [-0.15, -0.1) is 0 Å². The third-order valence-corrected chi connectivity index (χ3v) is 5.30. The van der Waals surface area contributed by atoms with Crippen molar-refractivity contribution in [3.8, 4) is 5.75 Å². The number of carbonyl (C=O) groups is 2. The van der Waals surface area contributed by atoms with Crippen LogP contribution >= 0.6 is 39.1 Å². The predicted molar refractivity (Wildman–Crippen MR) is 119 cm³/mol. The Morgan fingerprint density at radius 1 is 1.10 bits per heavy atom. The third kappa shape index (κ3) is 6.91. The molecule has 0 saturated carbocycles. The van der Waals surface area contributed by atoms with Gasteiger partial charge in [-0.05, 0) is 50.6 Å². The Labute approximate surface area is 189 Å². The van der Waals surface area contributed by atoms with E-state index < -0.39 is 6.04 Å². The van der Waals surface area contributed by atoms with Crippen LogP contribution in [0.25, 0.3) is 0 Å². The second-order valence-electron chi connectivity index (χ2n) is 6.82. The van der Waals surface area contributed by atoms with Crippen LogP contribution in [0.1, 0.15) is 26.3 Å². The number of carbonyl (C=O) groups excluding carboxylic acids is 2. The molecule has 0 aliphatic rings. The quantitative estimate of drug-likeness (QED) is 0.548. The predicted octanol–water partition coefficient (Wildman–Crippen LogP) is 5.08. The van der Waals surface area contributed by atoms with Gasteiger partial charge in [0.25, 0.3) is 5.91 Å². The monoisotopic (exact) mass is 500 g/mol. The standard InChI is InChI=1S/C21H23BrCl2N2O3/c1-13(2)25-21(28)14(3)26(11-15-6-4-5-7-17(15)23)20(27)12-29-19-9-8-16(22)10-18(19)24/h4-10,13-14H,11-12H2,1-3H3,(H,25,28)/t14-/m1/s1. The highest BCUT2D eigenvalue weighted by Gasteiger charge is 2.27. The third-order valence-electron chi connectivity index (χ3n) is 4.14.